The van der Waals surface area contributed by atoms with E-state index in [1.807, 2.05) is 56.4 Å². The number of nitrogens with one attached hydrogen (secondary N) is 2. The molecule has 2 heterocycles. The van der Waals surface area contributed by atoms with Crippen molar-refractivity contribution in [3.05, 3.63) is 87.3 Å². The maximum Gasteiger partial charge on any atom is 0.332 e. The van der Waals surface area contributed by atoms with Crippen LogP contribution in [0.15, 0.2) is 70.5 Å². The second kappa shape index (κ2) is 15.4. The van der Waals surface area contributed by atoms with Gasteiger partial charge in [0.15, 0.2) is 17.1 Å². The topological polar surface area (TPSA) is 164 Å². The fraction of sp³-hybridized carbons (Fsp3) is 0.370. The van der Waals surface area contributed by atoms with Gasteiger partial charge < -0.3 is 35.1 Å². The predicted molar refractivity (Wildman–Crippen MR) is 148 cm³/mol. The largest absolute Gasteiger partial charge is 0.493 e. The van der Waals surface area contributed by atoms with Crippen LogP contribution in [0.1, 0.15) is 18.6 Å². The Morgan fingerprint density at radius 2 is 1.62 bits per heavy atom. The van der Waals surface area contributed by atoms with Crippen molar-refractivity contribution in [2.75, 3.05) is 27.4 Å². The zero-order chi connectivity index (χ0) is 28.9. The number of methoxy groups -OCH3 is 1. The quantitative estimate of drug-likeness (QED) is 0.215. The smallest absolute Gasteiger partial charge is 0.332 e. The lowest BCUT2D eigenvalue weighted by Crippen LogP contribution is -2.36. The Bertz CT molecular complexity index is 1400. The number of likely N-dealkylation sites (N-methyl/N-ethyl adjacent to an activating group) is 1. The van der Waals surface area contributed by atoms with Crippen LogP contribution in [0.2, 0.25) is 0 Å². The minimum Gasteiger partial charge on any atom is -0.493 e. The molecule has 0 radical (unpaired) electrons. The van der Waals surface area contributed by atoms with E-state index in [9.17, 15) is 14.7 Å². The first-order chi connectivity index (χ1) is 18.7. The Balaban J connectivity index is 0.000000206. The molecule has 12 nitrogen and oxygen atoms in total. The fourth-order valence-electron chi connectivity index (χ4n) is 3.34. The Hall–Kier alpha value is -3.97. The van der Waals surface area contributed by atoms with Crippen LogP contribution in [0.4, 0.5) is 0 Å². The predicted octanol–water partition coefficient (Wildman–Crippen LogP) is 0.715. The van der Waals surface area contributed by atoms with E-state index in [-0.39, 0.29) is 30.5 Å². The molecule has 212 valence electrons. The minimum absolute atomic E-state index is 0.0525. The van der Waals surface area contributed by atoms with Crippen molar-refractivity contribution in [3.8, 4) is 11.5 Å². The highest BCUT2D eigenvalue weighted by Crippen LogP contribution is 2.25. The molecule has 0 aliphatic rings. The summed E-state index contributed by atoms with van der Waals surface area (Å²) >= 11 is 0. The van der Waals surface area contributed by atoms with Crippen LogP contribution < -0.4 is 26.0 Å². The van der Waals surface area contributed by atoms with Gasteiger partial charge in [-0.1, -0.05) is 42.5 Å². The number of aromatic nitrogens is 4. The number of benzene rings is 2. The molecule has 0 amide bonds. The zero-order valence-corrected chi connectivity index (χ0v) is 22.7. The van der Waals surface area contributed by atoms with Crippen molar-refractivity contribution in [3.63, 3.8) is 0 Å². The van der Waals surface area contributed by atoms with Crippen LogP contribution in [0, 0.1) is 0 Å². The minimum atomic E-state index is -0.861. The van der Waals surface area contributed by atoms with Gasteiger partial charge in [-0.15, -0.1) is 0 Å². The highest BCUT2D eigenvalue weighted by molar-refractivity contribution is 5.68. The highest BCUT2D eigenvalue weighted by atomic mass is 16.5. The first kappa shape index (κ1) is 31.2. The summed E-state index contributed by atoms with van der Waals surface area (Å²) in [6.07, 6.45) is 0.113. The average Bonchev–Trinajstić information content (AvgIpc) is 3.48. The van der Waals surface area contributed by atoms with Crippen molar-refractivity contribution in [2.24, 2.45) is 14.1 Å². The molecule has 5 N–H and O–H groups in total. The Morgan fingerprint density at radius 1 is 1.00 bits per heavy atom. The van der Waals surface area contributed by atoms with E-state index in [4.69, 9.17) is 19.7 Å². The van der Waals surface area contributed by atoms with Gasteiger partial charge in [-0.25, -0.2) is 9.78 Å². The van der Waals surface area contributed by atoms with Gasteiger partial charge in [0, 0.05) is 20.1 Å². The number of nitrogens with zero attached hydrogens (tertiary/aromatic N) is 3. The zero-order valence-electron chi connectivity index (χ0n) is 22.7. The number of aliphatic hydroxyl groups excluding tert-OH is 3. The number of imidazole rings is 1. The van der Waals surface area contributed by atoms with Gasteiger partial charge in [-0.05, 0) is 31.7 Å². The van der Waals surface area contributed by atoms with Crippen LogP contribution in [-0.2, 0) is 14.1 Å². The van der Waals surface area contributed by atoms with Crippen LogP contribution in [-0.4, -0.2) is 73.9 Å². The summed E-state index contributed by atoms with van der Waals surface area (Å²) in [5, 5.41) is 30.4. The third-order valence-electron chi connectivity index (χ3n) is 5.81. The second-order valence-corrected chi connectivity index (χ2v) is 8.54. The number of aromatic amines is 1. The summed E-state index contributed by atoms with van der Waals surface area (Å²) in [5.74, 6) is 1.17. The molecular weight excluding hydrogens is 506 g/mol. The standard InChI is InChI=1S/C10H15NO.C10H14O4.C7H8N4O2/c1-8(11-2)10(12)9-6-4-3-5-7-9;1-13-9-4-2-3-5-10(9)14-7-8(12)6-11;1-10-5-4(8-3-9-5)6(12)11(2)7(10)13/h3-8,10-12H,1-2H3;2-5,8,11-12H,6-7H2,1H3;3H,1-2H3,(H,8,9)/t8-,10-;;/m0../s1. The fourth-order valence-corrected chi connectivity index (χ4v) is 3.34. The molecule has 12 heteroatoms. The molecule has 2 aromatic heterocycles. The molecule has 2 aromatic carbocycles. The number of fused-ring (bicyclic) bond motifs is 1. The van der Waals surface area contributed by atoms with Gasteiger partial charge in [0.1, 0.15) is 18.2 Å². The molecule has 4 aromatic rings. The SMILES string of the molecule is CN[C@@H](C)[C@H](O)c1ccccc1.COc1ccccc1OCC(O)CO.Cn1c(=O)c2[nH]cnc2n(C)c1=O. The summed E-state index contributed by atoms with van der Waals surface area (Å²) in [7, 11) is 6.40. The molecule has 4 rings (SSSR count). The van der Waals surface area contributed by atoms with E-state index in [0.29, 0.717) is 22.7 Å². The number of rotatable bonds is 8. The number of hydrogen-bond acceptors (Lipinski definition) is 9. The molecule has 0 spiro atoms. The number of ether oxygens (including phenoxy) is 2. The van der Waals surface area contributed by atoms with Crippen molar-refractivity contribution in [1.82, 2.24) is 24.4 Å². The summed E-state index contributed by atoms with van der Waals surface area (Å²) in [6.45, 7) is 1.70. The van der Waals surface area contributed by atoms with Crippen LogP contribution >= 0.6 is 0 Å². The van der Waals surface area contributed by atoms with Gasteiger partial charge in [-0.2, -0.15) is 0 Å². The third kappa shape index (κ3) is 8.52. The van der Waals surface area contributed by atoms with Crippen LogP contribution in [0.25, 0.3) is 11.2 Å². The maximum atomic E-state index is 11.4. The number of aliphatic hydroxyl groups is 3. The molecule has 0 aliphatic heterocycles. The number of para-hydroxylation sites is 2. The number of aryl methyl sites for hydroxylation is 1. The average molecular weight is 544 g/mol. The van der Waals surface area contributed by atoms with E-state index >= 15 is 0 Å². The Kier molecular flexibility index (Phi) is 12.4. The highest BCUT2D eigenvalue weighted by Gasteiger charge is 2.13. The molecule has 39 heavy (non-hydrogen) atoms. The molecular formula is C27H37N5O7. The summed E-state index contributed by atoms with van der Waals surface area (Å²) in [6, 6.07) is 16.9. The first-order valence-electron chi connectivity index (χ1n) is 12.2. The van der Waals surface area contributed by atoms with Crippen molar-refractivity contribution < 1.29 is 24.8 Å². The Labute approximate surface area is 226 Å². The van der Waals surface area contributed by atoms with Crippen molar-refractivity contribution in [2.45, 2.75) is 25.2 Å². The molecule has 0 fully saturated rings. The molecule has 0 bridgehead atoms. The van der Waals surface area contributed by atoms with E-state index in [2.05, 4.69) is 15.3 Å². The summed E-state index contributed by atoms with van der Waals surface area (Å²) < 4.78 is 12.7. The monoisotopic (exact) mass is 543 g/mol. The maximum absolute atomic E-state index is 11.4. The number of hydrogen-bond donors (Lipinski definition) is 5. The Morgan fingerprint density at radius 3 is 2.21 bits per heavy atom. The van der Waals surface area contributed by atoms with E-state index in [1.165, 1.54) is 17.9 Å². The summed E-state index contributed by atoms with van der Waals surface area (Å²) in [5.41, 5.74) is 0.970. The lowest BCUT2D eigenvalue weighted by Gasteiger charge is -2.17. The lowest BCUT2D eigenvalue weighted by atomic mass is 10.0. The van der Waals surface area contributed by atoms with E-state index < -0.39 is 12.2 Å². The van der Waals surface area contributed by atoms with Crippen LogP contribution in [0.5, 0.6) is 11.5 Å². The molecule has 0 saturated carbocycles. The lowest BCUT2D eigenvalue weighted by molar-refractivity contribution is 0.0527. The molecule has 1 unspecified atom stereocenters. The normalized spacial score (nSPS) is 12.8. The molecule has 0 saturated heterocycles. The van der Waals surface area contributed by atoms with Gasteiger partial charge >= 0.3 is 5.69 Å². The van der Waals surface area contributed by atoms with Crippen molar-refractivity contribution in [1.29, 1.82) is 0 Å². The van der Waals surface area contributed by atoms with Crippen molar-refractivity contribution >= 4 is 11.2 Å². The van der Waals surface area contributed by atoms with Gasteiger partial charge in [0.05, 0.1) is 26.1 Å². The summed E-state index contributed by atoms with van der Waals surface area (Å²) in [4.78, 5) is 29.4. The van der Waals surface area contributed by atoms with Crippen LogP contribution in [0.3, 0.4) is 0 Å². The molecule has 3 atom stereocenters. The molecule has 0 aliphatic carbocycles. The van der Waals surface area contributed by atoms with Gasteiger partial charge in [0.25, 0.3) is 5.56 Å². The van der Waals surface area contributed by atoms with Gasteiger partial charge in [-0.3, -0.25) is 13.9 Å². The van der Waals surface area contributed by atoms with Gasteiger partial charge in [0.2, 0.25) is 0 Å². The number of H-pyrrole nitrogens is 1. The van der Waals surface area contributed by atoms with E-state index in [1.54, 1.807) is 26.3 Å². The first-order valence-corrected chi connectivity index (χ1v) is 12.2. The third-order valence-corrected chi connectivity index (χ3v) is 5.81. The second-order valence-electron chi connectivity index (χ2n) is 8.54. The van der Waals surface area contributed by atoms with E-state index in [0.717, 1.165) is 10.1 Å².